The van der Waals surface area contributed by atoms with Crippen molar-refractivity contribution in [3.05, 3.63) is 41.9 Å². The summed E-state index contributed by atoms with van der Waals surface area (Å²) in [4.78, 5) is 10.2. The zero-order chi connectivity index (χ0) is 15.6. The largest absolute Gasteiger partial charge is 0.238 e. The Morgan fingerprint density at radius 1 is 1.10 bits per heavy atom. The highest BCUT2D eigenvalue weighted by atomic mass is 32.2. The average molecular weight is 322 g/mol. The van der Waals surface area contributed by atoms with Crippen LogP contribution in [0.15, 0.2) is 45.1 Å². The number of hydrogen-bond acceptors (Lipinski definition) is 5. The highest BCUT2D eigenvalue weighted by Crippen LogP contribution is 2.28. The van der Waals surface area contributed by atoms with Gasteiger partial charge >= 0.3 is 0 Å². The van der Waals surface area contributed by atoms with Gasteiger partial charge in [0.15, 0.2) is 9.84 Å². The van der Waals surface area contributed by atoms with Crippen molar-refractivity contribution in [2.24, 2.45) is 0 Å². The Kier molecular flexibility index (Phi) is 4.68. The Morgan fingerprint density at radius 3 is 2.24 bits per heavy atom. The lowest BCUT2D eigenvalue weighted by Gasteiger charge is -2.08. The summed E-state index contributed by atoms with van der Waals surface area (Å²) < 4.78 is 22.9. The van der Waals surface area contributed by atoms with E-state index in [-0.39, 0.29) is 5.92 Å². The molecule has 1 heterocycles. The summed E-state index contributed by atoms with van der Waals surface area (Å²) in [6.45, 7) is 6.07. The Bertz CT molecular complexity index is 739. The topological polar surface area (TPSA) is 59.9 Å². The lowest BCUT2D eigenvalue weighted by molar-refractivity contribution is 0.602. The van der Waals surface area contributed by atoms with Crippen molar-refractivity contribution in [1.29, 1.82) is 0 Å². The Labute approximate surface area is 130 Å². The molecule has 0 atom stereocenters. The van der Waals surface area contributed by atoms with E-state index < -0.39 is 9.84 Å². The van der Waals surface area contributed by atoms with E-state index in [1.54, 1.807) is 24.3 Å². The fourth-order valence-corrected chi connectivity index (χ4v) is 3.26. The number of benzene rings is 1. The zero-order valence-electron chi connectivity index (χ0n) is 12.5. The van der Waals surface area contributed by atoms with Gasteiger partial charge in [-0.1, -0.05) is 25.6 Å². The van der Waals surface area contributed by atoms with E-state index in [1.165, 1.54) is 18.0 Å². The van der Waals surface area contributed by atoms with Gasteiger partial charge in [0.05, 0.1) is 4.90 Å². The molecule has 0 aliphatic heterocycles. The zero-order valence-corrected chi connectivity index (χ0v) is 14.1. The number of aromatic nitrogens is 2. The SMILES string of the molecule is Cc1cc(Sc2ccc(S(C)(=O)=O)cc2)nc(C(C)C)n1. The molecule has 0 N–H and O–H groups in total. The van der Waals surface area contributed by atoms with Crippen LogP contribution in [-0.2, 0) is 9.84 Å². The number of rotatable bonds is 4. The highest BCUT2D eigenvalue weighted by Gasteiger charge is 2.09. The molecule has 0 fully saturated rings. The number of hydrogen-bond donors (Lipinski definition) is 0. The Hall–Kier alpha value is -1.40. The summed E-state index contributed by atoms with van der Waals surface area (Å²) in [6.07, 6.45) is 1.21. The fraction of sp³-hybridized carbons (Fsp3) is 0.333. The van der Waals surface area contributed by atoms with Crippen molar-refractivity contribution in [2.45, 2.75) is 41.5 Å². The van der Waals surface area contributed by atoms with Gasteiger partial charge in [0.2, 0.25) is 0 Å². The van der Waals surface area contributed by atoms with Crippen LogP contribution in [0.25, 0.3) is 0 Å². The summed E-state index contributed by atoms with van der Waals surface area (Å²) in [7, 11) is -3.15. The van der Waals surface area contributed by atoms with Crippen molar-refractivity contribution < 1.29 is 8.42 Å². The van der Waals surface area contributed by atoms with Crippen LogP contribution >= 0.6 is 11.8 Å². The Morgan fingerprint density at radius 2 is 1.71 bits per heavy atom. The minimum Gasteiger partial charge on any atom is -0.238 e. The molecule has 112 valence electrons. The first-order valence-electron chi connectivity index (χ1n) is 6.59. The molecule has 0 saturated carbocycles. The molecular weight excluding hydrogens is 304 g/mol. The number of nitrogens with zero attached hydrogens (tertiary/aromatic N) is 2. The third kappa shape index (κ3) is 4.28. The highest BCUT2D eigenvalue weighted by molar-refractivity contribution is 7.99. The maximum absolute atomic E-state index is 11.4. The molecule has 1 aromatic carbocycles. The van der Waals surface area contributed by atoms with Crippen LogP contribution in [0, 0.1) is 6.92 Å². The van der Waals surface area contributed by atoms with Gasteiger partial charge in [-0.15, -0.1) is 0 Å². The van der Waals surface area contributed by atoms with E-state index in [2.05, 4.69) is 23.8 Å². The van der Waals surface area contributed by atoms with E-state index in [0.717, 1.165) is 21.4 Å². The minimum absolute atomic E-state index is 0.275. The molecule has 0 unspecified atom stereocenters. The first-order valence-corrected chi connectivity index (χ1v) is 9.30. The maximum atomic E-state index is 11.4. The summed E-state index contributed by atoms with van der Waals surface area (Å²) in [5, 5.41) is 0.873. The van der Waals surface area contributed by atoms with Gasteiger partial charge in [-0.2, -0.15) is 0 Å². The molecule has 0 aliphatic carbocycles. The first kappa shape index (κ1) is 16.0. The van der Waals surface area contributed by atoms with Crippen LogP contribution in [0.1, 0.15) is 31.3 Å². The van der Waals surface area contributed by atoms with E-state index >= 15 is 0 Å². The fourth-order valence-electron chi connectivity index (χ4n) is 1.75. The van der Waals surface area contributed by atoms with E-state index in [1.807, 2.05) is 13.0 Å². The minimum atomic E-state index is -3.15. The molecule has 0 bridgehead atoms. The van der Waals surface area contributed by atoms with Crippen molar-refractivity contribution in [1.82, 2.24) is 9.97 Å². The second-order valence-electron chi connectivity index (χ2n) is 5.21. The summed E-state index contributed by atoms with van der Waals surface area (Å²) in [5.41, 5.74) is 0.934. The molecule has 6 heteroatoms. The van der Waals surface area contributed by atoms with E-state index in [4.69, 9.17) is 0 Å². The summed E-state index contributed by atoms with van der Waals surface area (Å²) in [6, 6.07) is 8.77. The van der Waals surface area contributed by atoms with Gasteiger partial charge < -0.3 is 0 Å². The van der Waals surface area contributed by atoms with Gasteiger partial charge in [0.25, 0.3) is 0 Å². The van der Waals surface area contributed by atoms with Crippen LogP contribution in [0.3, 0.4) is 0 Å². The van der Waals surface area contributed by atoms with Gasteiger partial charge in [-0.3, -0.25) is 0 Å². The molecule has 2 rings (SSSR count). The molecule has 1 aromatic heterocycles. The van der Waals surface area contributed by atoms with Crippen LogP contribution in [0.4, 0.5) is 0 Å². The lowest BCUT2D eigenvalue weighted by Crippen LogP contribution is -2.00. The molecular formula is C15H18N2O2S2. The number of aryl methyl sites for hydroxylation is 1. The number of sulfone groups is 1. The van der Waals surface area contributed by atoms with Crippen LogP contribution in [0.5, 0.6) is 0 Å². The molecule has 2 aromatic rings. The standard InChI is InChI=1S/C15H18N2O2S2/c1-10(2)15-16-11(3)9-14(17-15)20-12-5-7-13(8-6-12)21(4,18)19/h5-10H,1-4H3. The monoisotopic (exact) mass is 322 g/mol. The molecule has 21 heavy (non-hydrogen) atoms. The third-order valence-corrected chi connectivity index (χ3v) is 4.89. The summed E-state index contributed by atoms with van der Waals surface area (Å²) in [5.74, 6) is 1.10. The van der Waals surface area contributed by atoms with Crippen molar-refractivity contribution >= 4 is 21.6 Å². The molecule has 0 radical (unpaired) electrons. The van der Waals surface area contributed by atoms with Gasteiger partial charge in [-0.05, 0) is 37.3 Å². The van der Waals surface area contributed by atoms with Gasteiger partial charge in [-0.25, -0.2) is 18.4 Å². The van der Waals surface area contributed by atoms with Gasteiger partial charge in [0.1, 0.15) is 10.9 Å². The molecule has 4 nitrogen and oxygen atoms in total. The Balaban J connectivity index is 2.26. The molecule has 0 spiro atoms. The molecule has 0 amide bonds. The second-order valence-corrected chi connectivity index (χ2v) is 8.32. The summed E-state index contributed by atoms with van der Waals surface area (Å²) >= 11 is 1.51. The van der Waals surface area contributed by atoms with Crippen molar-refractivity contribution in [3.63, 3.8) is 0 Å². The lowest BCUT2D eigenvalue weighted by atomic mass is 10.2. The molecule has 0 aliphatic rings. The maximum Gasteiger partial charge on any atom is 0.175 e. The predicted molar refractivity (Wildman–Crippen MR) is 84.5 cm³/mol. The van der Waals surface area contributed by atoms with E-state index in [0.29, 0.717) is 4.90 Å². The van der Waals surface area contributed by atoms with Crippen molar-refractivity contribution in [3.8, 4) is 0 Å². The van der Waals surface area contributed by atoms with Gasteiger partial charge in [0, 0.05) is 22.8 Å². The van der Waals surface area contributed by atoms with Crippen LogP contribution in [0.2, 0.25) is 0 Å². The average Bonchev–Trinajstić information content (AvgIpc) is 2.37. The van der Waals surface area contributed by atoms with E-state index in [9.17, 15) is 8.42 Å². The normalized spacial score (nSPS) is 11.9. The van der Waals surface area contributed by atoms with Crippen molar-refractivity contribution in [2.75, 3.05) is 6.26 Å². The van der Waals surface area contributed by atoms with Crippen LogP contribution < -0.4 is 0 Å². The second kappa shape index (κ2) is 6.15. The third-order valence-electron chi connectivity index (χ3n) is 2.84. The predicted octanol–water partition coefficient (Wildman–Crippen LogP) is 3.46. The first-order chi connectivity index (χ1) is 9.75. The quantitative estimate of drug-likeness (QED) is 0.807. The van der Waals surface area contributed by atoms with Crippen LogP contribution in [-0.4, -0.2) is 24.6 Å². The smallest absolute Gasteiger partial charge is 0.175 e. The molecule has 0 saturated heterocycles.